The van der Waals surface area contributed by atoms with Crippen LogP contribution in [0.1, 0.15) is 15.9 Å². The zero-order chi connectivity index (χ0) is 15.6. The van der Waals surface area contributed by atoms with Crippen molar-refractivity contribution < 1.29 is 9.53 Å². The van der Waals surface area contributed by atoms with E-state index in [9.17, 15) is 4.79 Å². The molecule has 0 aliphatic rings. The molecule has 0 bridgehead atoms. The summed E-state index contributed by atoms with van der Waals surface area (Å²) in [4.78, 5) is 20.5. The maximum atomic E-state index is 12.2. The molecule has 0 saturated heterocycles. The van der Waals surface area contributed by atoms with Gasteiger partial charge in [-0.25, -0.2) is 4.79 Å². The number of aromatic nitrogens is 5. The van der Waals surface area contributed by atoms with Crippen LogP contribution in [-0.4, -0.2) is 31.3 Å². The van der Waals surface area contributed by atoms with Gasteiger partial charge in [-0.05, 0) is 35.9 Å². The number of hydrogen-bond acceptors (Lipinski definition) is 6. The molecule has 2 aromatic heterocycles. The molecule has 112 valence electrons. The predicted octanol–water partition coefficient (Wildman–Crippen LogP) is 2.26. The molecule has 0 aliphatic heterocycles. The van der Waals surface area contributed by atoms with E-state index in [1.54, 1.807) is 30.6 Å². The molecule has 7 nitrogen and oxygen atoms in total. The molecule has 0 saturated carbocycles. The van der Waals surface area contributed by atoms with E-state index < -0.39 is 5.97 Å². The van der Waals surface area contributed by atoms with Gasteiger partial charge in [0.15, 0.2) is 0 Å². The van der Waals surface area contributed by atoms with E-state index in [4.69, 9.17) is 4.74 Å². The lowest BCUT2D eigenvalue weighted by atomic mass is 10.2. The summed E-state index contributed by atoms with van der Waals surface area (Å²) in [5.41, 5.74) is 4.19. The summed E-state index contributed by atoms with van der Waals surface area (Å²) >= 11 is 0. The number of nitrogens with one attached hydrogen (secondary N) is 1. The number of fused-ring (bicyclic) bond motifs is 2. The van der Waals surface area contributed by atoms with Crippen LogP contribution >= 0.6 is 0 Å². The summed E-state index contributed by atoms with van der Waals surface area (Å²) in [5.74, 6) is -0.405. The van der Waals surface area contributed by atoms with E-state index in [2.05, 4.69) is 25.4 Å². The number of benzene rings is 2. The summed E-state index contributed by atoms with van der Waals surface area (Å²) < 4.78 is 5.34. The van der Waals surface area contributed by atoms with Gasteiger partial charge in [-0.2, -0.15) is 15.4 Å². The van der Waals surface area contributed by atoms with Gasteiger partial charge in [0.2, 0.25) is 0 Å². The summed E-state index contributed by atoms with van der Waals surface area (Å²) in [6.07, 6.45) is 3.20. The minimum Gasteiger partial charge on any atom is -0.457 e. The molecule has 4 rings (SSSR count). The monoisotopic (exact) mass is 305 g/mol. The third kappa shape index (κ3) is 2.59. The third-order valence-electron chi connectivity index (χ3n) is 3.46. The van der Waals surface area contributed by atoms with Gasteiger partial charge in [-0.1, -0.05) is 6.07 Å². The van der Waals surface area contributed by atoms with Crippen LogP contribution in [0.3, 0.4) is 0 Å². The lowest BCUT2D eigenvalue weighted by Crippen LogP contribution is -2.05. The lowest BCUT2D eigenvalue weighted by molar-refractivity contribution is 0.0473. The van der Waals surface area contributed by atoms with Crippen LogP contribution in [0.2, 0.25) is 0 Å². The Morgan fingerprint density at radius 1 is 0.913 bits per heavy atom. The Kier molecular flexibility index (Phi) is 3.16. The van der Waals surface area contributed by atoms with E-state index >= 15 is 0 Å². The van der Waals surface area contributed by atoms with E-state index in [1.165, 1.54) is 0 Å². The highest BCUT2D eigenvalue weighted by atomic mass is 16.5. The van der Waals surface area contributed by atoms with Gasteiger partial charge < -0.3 is 4.74 Å². The van der Waals surface area contributed by atoms with Crippen molar-refractivity contribution in [3.63, 3.8) is 0 Å². The summed E-state index contributed by atoms with van der Waals surface area (Å²) in [6.45, 7) is 0.167. The molecular formula is C16H11N5O2. The van der Waals surface area contributed by atoms with Crippen LogP contribution in [0.4, 0.5) is 0 Å². The van der Waals surface area contributed by atoms with Gasteiger partial charge in [0.05, 0.1) is 16.6 Å². The number of hydrogen-bond donors (Lipinski definition) is 1. The molecule has 7 heteroatoms. The van der Waals surface area contributed by atoms with Crippen LogP contribution in [0.5, 0.6) is 0 Å². The first-order valence-corrected chi connectivity index (χ1v) is 6.97. The topological polar surface area (TPSA) is 93.7 Å². The molecule has 0 aliphatic carbocycles. The zero-order valence-corrected chi connectivity index (χ0v) is 11.9. The quantitative estimate of drug-likeness (QED) is 0.583. The van der Waals surface area contributed by atoms with Gasteiger partial charge in [0, 0.05) is 12.4 Å². The summed E-state index contributed by atoms with van der Waals surface area (Å²) in [7, 11) is 0. The Balaban J connectivity index is 1.51. The van der Waals surface area contributed by atoms with Crippen LogP contribution in [0.15, 0.2) is 48.8 Å². The molecule has 0 atom stereocenters. The molecule has 23 heavy (non-hydrogen) atoms. The first-order valence-electron chi connectivity index (χ1n) is 6.97. The Bertz CT molecular complexity index is 1010. The minimum atomic E-state index is -0.405. The second-order valence-corrected chi connectivity index (χ2v) is 4.98. The van der Waals surface area contributed by atoms with Crippen LogP contribution in [0.25, 0.3) is 22.1 Å². The highest BCUT2D eigenvalue weighted by Crippen LogP contribution is 2.14. The lowest BCUT2D eigenvalue weighted by Gasteiger charge is -2.05. The smallest absolute Gasteiger partial charge is 0.338 e. The van der Waals surface area contributed by atoms with Crippen molar-refractivity contribution in [1.82, 2.24) is 25.4 Å². The number of nitrogens with zero attached hydrogens (tertiary/aromatic N) is 4. The molecule has 0 amide bonds. The van der Waals surface area contributed by atoms with Crippen molar-refractivity contribution in [2.45, 2.75) is 6.61 Å². The van der Waals surface area contributed by atoms with Crippen molar-refractivity contribution in [2.75, 3.05) is 0 Å². The first-order chi connectivity index (χ1) is 11.3. The van der Waals surface area contributed by atoms with Crippen molar-refractivity contribution in [2.24, 2.45) is 0 Å². The van der Waals surface area contributed by atoms with Crippen molar-refractivity contribution in [1.29, 1.82) is 0 Å². The predicted molar refractivity (Wildman–Crippen MR) is 82.5 cm³/mol. The Morgan fingerprint density at radius 2 is 1.70 bits per heavy atom. The normalized spacial score (nSPS) is 11.0. The number of rotatable bonds is 3. The van der Waals surface area contributed by atoms with E-state index in [0.717, 1.165) is 22.1 Å². The summed E-state index contributed by atoms with van der Waals surface area (Å²) in [6, 6.07) is 10.6. The molecular weight excluding hydrogens is 294 g/mol. The Hall–Kier alpha value is -3.35. The Morgan fingerprint density at radius 3 is 2.61 bits per heavy atom. The van der Waals surface area contributed by atoms with Gasteiger partial charge in [0.1, 0.15) is 17.6 Å². The molecule has 2 heterocycles. The molecule has 0 fully saturated rings. The SMILES string of the molecule is O=C(OCc1ccc2n[nH]nc2c1)c1ccc2nccnc2c1. The highest BCUT2D eigenvalue weighted by Gasteiger charge is 2.09. The number of aromatic amines is 1. The second kappa shape index (κ2) is 5.45. The fourth-order valence-electron chi connectivity index (χ4n) is 2.30. The van der Waals surface area contributed by atoms with Crippen molar-refractivity contribution >= 4 is 28.0 Å². The maximum absolute atomic E-state index is 12.2. The average Bonchev–Trinajstić information content (AvgIpc) is 3.07. The fraction of sp³-hybridized carbons (Fsp3) is 0.0625. The molecule has 0 spiro atoms. The summed E-state index contributed by atoms with van der Waals surface area (Å²) in [5, 5.41) is 10.5. The van der Waals surface area contributed by atoms with E-state index in [1.807, 2.05) is 18.2 Å². The number of ether oxygens (including phenoxy) is 1. The molecule has 1 N–H and O–H groups in total. The fourth-order valence-corrected chi connectivity index (χ4v) is 2.30. The van der Waals surface area contributed by atoms with Gasteiger partial charge in [-0.3, -0.25) is 9.97 Å². The van der Waals surface area contributed by atoms with Crippen molar-refractivity contribution in [3.05, 3.63) is 59.9 Å². The van der Waals surface area contributed by atoms with Gasteiger partial charge >= 0.3 is 5.97 Å². The highest BCUT2D eigenvalue weighted by molar-refractivity contribution is 5.93. The average molecular weight is 305 g/mol. The first kappa shape index (κ1) is 13.3. The number of carbonyl (C=O) groups is 1. The van der Waals surface area contributed by atoms with Crippen LogP contribution < -0.4 is 0 Å². The standard InChI is InChI=1S/C16H11N5O2/c22-16(11-2-4-12-14(8-11)18-6-5-17-12)23-9-10-1-3-13-15(7-10)20-21-19-13/h1-8H,9H2,(H,19,20,21). The zero-order valence-electron chi connectivity index (χ0n) is 11.9. The Labute approximate surface area is 130 Å². The molecule has 0 radical (unpaired) electrons. The molecule has 0 unspecified atom stereocenters. The van der Waals surface area contributed by atoms with Crippen LogP contribution in [0, 0.1) is 0 Å². The largest absolute Gasteiger partial charge is 0.457 e. The van der Waals surface area contributed by atoms with Crippen molar-refractivity contribution in [3.8, 4) is 0 Å². The third-order valence-corrected chi connectivity index (χ3v) is 3.46. The van der Waals surface area contributed by atoms with Crippen LogP contribution in [-0.2, 0) is 11.3 Å². The van der Waals surface area contributed by atoms with E-state index in [0.29, 0.717) is 11.1 Å². The molecule has 2 aromatic carbocycles. The minimum absolute atomic E-state index is 0.167. The number of H-pyrrole nitrogens is 1. The second-order valence-electron chi connectivity index (χ2n) is 4.98. The maximum Gasteiger partial charge on any atom is 0.338 e. The van der Waals surface area contributed by atoms with Gasteiger partial charge in [-0.15, -0.1) is 0 Å². The van der Waals surface area contributed by atoms with E-state index in [-0.39, 0.29) is 6.61 Å². The number of carbonyl (C=O) groups excluding carboxylic acids is 1. The molecule has 4 aromatic rings. The number of esters is 1. The van der Waals surface area contributed by atoms with Gasteiger partial charge in [0.25, 0.3) is 0 Å².